The highest BCUT2D eigenvalue weighted by Gasteiger charge is 2.30. The Kier molecular flexibility index (Phi) is 8.54. The van der Waals surface area contributed by atoms with Gasteiger partial charge < -0.3 is 20.5 Å². The van der Waals surface area contributed by atoms with Gasteiger partial charge in [0.15, 0.2) is 0 Å². The van der Waals surface area contributed by atoms with E-state index in [1.807, 2.05) is 6.07 Å². The fraction of sp³-hybridized carbons (Fsp3) is 0.484. The number of aromatic nitrogens is 1. The average Bonchev–Trinajstić information content (AvgIpc) is 3.27. The summed E-state index contributed by atoms with van der Waals surface area (Å²) < 4.78 is 5.31. The Labute approximate surface area is 239 Å². The van der Waals surface area contributed by atoms with E-state index in [1.165, 1.54) is 23.0 Å². The van der Waals surface area contributed by atoms with E-state index in [0.29, 0.717) is 22.8 Å². The summed E-state index contributed by atoms with van der Waals surface area (Å²) in [5.41, 5.74) is 2.76. The SMILES string of the molecule is CC(C)(C)OC(=O)NCCC(NC(=O)c1cc2cc3c(nc2s1)CC[C@H](C(C)(C)C)C3)c1cccc(C(=O)O)c1. The topological polar surface area (TPSA) is 118 Å². The number of rotatable bonds is 7. The monoisotopic (exact) mass is 565 g/mol. The number of carbonyl (C=O) groups excluding carboxylic acids is 2. The number of aromatic carboxylic acids is 1. The van der Waals surface area contributed by atoms with Crippen molar-refractivity contribution in [3.8, 4) is 0 Å². The number of carboxylic acid groups (broad SMARTS) is 1. The third-order valence-electron chi connectivity index (χ3n) is 7.26. The van der Waals surface area contributed by atoms with Gasteiger partial charge in [0.25, 0.3) is 5.91 Å². The molecule has 3 aromatic rings. The fourth-order valence-electron chi connectivity index (χ4n) is 5.05. The van der Waals surface area contributed by atoms with Crippen LogP contribution in [0.3, 0.4) is 0 Å². The summed E-state index contributed by atoms with van der Waals surface area (Å²) in [6.45, 7) is 12.4. The number of hydrogen-bond acceptors (Lipinski definition) is 6. The zero-order chi connectivity index (χ0) is 29.2. The van der Waals surface area contributed by atoms with Gasteiger partial charge in [-0.05, 0) is 93.2 Å². The molecule has 214 valence electrons. The highest BCUT2D eigenvalue weighted by Crippen LogP contribution is 2.38. The van der Waals surface area contributed by atoms with Crippen molar-refractivity contribution in [2.45, 2.75) is 78.9 Å². The Balaban J connectivity index is 1.53. The number of aryl methyl sites for hydroxylation is 1. The zero-order valence-electron chi connectivity index (χ0n) is 24.1. The molecule has 40 heavy (non-hydrogen) atoms. The van der Waals surface area contributed by atoms with E-state index in [9.17, 15) is 19.5 Å². The van der Waals surface area contributed by atoms with E-state index in [4.69, 9.17) is 9.72 Å². The standard InChI is InChI=1S/C31H39N3O5S/c1-30(2,3)22-10-11-23-20(16-22)15-21-17-25(40-27(21)34-23)26(35)33-24(12-13-32-29(38)39-31(4,5)6)18-8-7-9-19(14-18)28(36)37/h7-9,14-15,17,22,24H,10-13,16H2,1-6H3,(H,32,38)(H,33,35)(H,36,37)/t22-,24?/m0/s1. The molecule has 0 radical (unpaired) electrons. The van der Waals surface area contributed by atoms with Gasteiger partial charge in [0, 0.05) is 17.6 Å². The number of pyridine rings is 1. The van der Waals surface area contributed by atoms with E-state index in [1.54, 1.807) is 39.0 Å². The molecule has 0 spiro atoms. The lowest BCUT2D eigenvalue weighted by atomic mass is 9.71. The molecule has 9 heteroatoms. The lowest BCUT2D eigenvalue weighted by Crippen LogP contribution is -2.35. The van der Waals surface area contributed by atoms with Crippen molar-refractivity contribution in [2.75, 3.05) is 6.54 Å². The van der Waals surface area contributed by atoms with Crippen LogP contribution < -0.4 is 10.6 Å². The number of ether oxygens (including phenoxy) is 1. The molecule has 1 unspecified atom stereocenters. The van der Waals surface area contributed by atoms with Crippen LogP contribution in [0.25, 0.3) is 10.2 Å². The minimum absolute atomic E-state index is 0.127. The summed E-state index contributed by atoms with van der Waals surface area (Å²) in [7, 11) is 0. The Hall–Kier alpha value is -3.46. The number of nitrogens with one attached hydrogen (secondary N) is 2. The number of benzene rings is 1. The number of alkyl carbamates (subject to hydrolysis) is 1. The third kappa shape index (κ3) is 7.38. The van der Waals surface area contributed by atoms with Crippen LogP contribution in [0, 0.1) is 11.3 Å². The van der Waals surface area contributed by atoms with Gasteiger partial charge in [-0.2, -0.15) is 0 Å². The molecule has 0 bridgehead atoms. The Morgan fingerprint density at radius 2 is 1.88 bits per heavy atom. The number of amides is 2. The van der Waals surface area contributed by atoms with E-state index in [2.05, 4.69) is 37.5 Å². The second-order valence-electron chi connectivity index (χ2n) is 12.6. The van der Waals surface area contributed by atoms with Crippen LogP contribution >= 0.6 is 11.3 Å². The molecular formula is C31H39N3O5S. The third-order valence-corrected chi connectivity index (χ3v) is 8.31. The molecule has 2 atom stereocenters. The largest absolute Gasteiger partial charge is 0.478 e. The first kappa shape index (κ1) is 29.5. The van der Waals surface area contributed by atoms with Crippen molar-refractivity contribution in [2.24, 2.45) is 11.3 Å². The molecule has 2 amide bonds. The van der Waals surface area contributed by atoms with Crippen LogP contribution in [0.5, 0.6) is 0 Å². The Morgan fingerprint density at radius 3 is 2.55 bits per heavy atom. The molecular weight excluding hydrogens is 526 g/mol. The average molecular weight is 566 g/mol. The maximum Gasteiger partial charge on any atom is 0.407 e. The number of carbonyl (C=O) groups is 3. The summed E-state index contributed by atoms with van der Waals surface area (Å²) in [5.74, 6) is -0.721. The lowest BCUT2D eigenvalue weighted by molar-refractivity contribution is 0.0525. The summed E-state index contributed by atoms with van der Waals surface area (Å²) in [6.07, 6.45) is 2.84. The maximum atomic E-state index is 13.4. The molecule has 0 saturated carbocycles. The molecule has 0 saturated heterocycles. The summed E-state index contributed by atoms with van der Waals surface area (Å²) in [4.78, 5) is 43.5. The van der Waals surface area contributed by atoms with Gasteiger partial charge in [-0.1, -0.05) is 32.9 Å². The first-order valence-electron chi connectivity index (χ1n) is 13.7. The number of hydrogen-bond donors (Lipinski definition) is 3. The second-order valence-corrected chi connectivity index (χ2v) is 13.6. The predicted octanol–water partition coefficient (Wildman–Crippen LogP) is 6.53. The van der Waals surface area contributed by atoms with Crippen molar-refractivity contribution in [1.82, 2.24) is 15.6 Å². The highest BCUT2D eigenvalue weighted by atomic mass is 32.1. The van der Waals surface area contributed by atoms with Gasteiger partial charge in [0.1, 0.15) is 10.4 Å². The van der Waals surface area contributed by atoms with Crippen molar-refractivity contribution in [3.05, 3.63) is 63.7 Å². The highest BCUT2D eigenvalue weighted by molar-refractivity contribution is 7.20. The van der Waals surface area contributed by atoms with Crippen molar-refractivity contribution in [3.63, 3.8) is 0 Å². The van der Waals surface area contributed by atoms with Crippen molar-refractivity contribution >= 4 is 39.5 Å². The number of fused-ring (bicyclic) bond motifs is 2. The van der Waals surface area contributed by atoms with Crippen LogP contribution in [-0.2, 0) is 17.6 Å². The predicted molar refractivity (Wildman–Crippen MR) is 157 cm³/mol. The number of carboxylic acids is 1. The van der Waals surface area contributed by atoms with Gasteiger partial charge in [0.05, 0.1) is 16.5 Å². The number of nitrogens with zero attached hydrogens (tertiary/aromatic N) is 1. The lowest BCUT2D eigenvalue weighted by Gasteiger charge is -2.34. The quantitative estimate of drug-likeness (QED) is 0.300. The smallest absolute Gasteiger partial charge is 0.407 e. The van der Waals surface area contributed by atoms with E-state index in [0.717, 1.165) is 35.2 Å². The summed E-state index contributed by atoms with van der Waals surface area (Å²) in [5, 5.41) is 16.2. The van der Waals surface area contributed by atoms with Crippen LogP contribution in [0.4, 0.5) is 4.79 Å². The first-order valence-corrected chi connectivity index (χ1v) is 14.5. The molecule has 0 fully saturated rings. The molecule has 1 aliphatic rings. The van der Waals surface area contributed by atoms with Gasteiger partial charge in [-0.25, -0.2) is 14.6 Å². The van der Waals surface area contributed by atoms with Crippen molar-refractivity contribution < 1.29 is 24.2 Å². The molecule has 1 aliphatic carbocycles. The van der Waals surface area contributed by atoms with Crippen LogP contribution in [0.15, 0.2) is 36.4 Å². The summed E-state index contributed by atoms with van der Waals surface area (Å²) in [6, 6.07) is 10.0. The molecule has 2 heterocycles. The van der Waals surface area contributed by atoms with Crippen LogP contribution in [-0.4, -0.2) is 40.2 Å². The van der Waals surface area contributed by atoms with Gasteiger partial charge >= 0.3 is 12.1 Å². The van der Waals surface area contributed by atoms with E-state index >= 15 is 0 Å². The molecule has 4 rings (SSSR count). The van der Waals surface area contributed by atoms with Gasteiger partial charge in [-0.3, -0.25) is 4.79 Å². The number of thiophene rings is 1. The molecule has 2 aromatic heterocycles. The van der Waals surface area contributed by atoms with Crippen LogP contribution in [0.1, 0.15) is 97.3 Å². The maximum absolute atomic E-state index is 13.4. The molecule has 3 N–H and O–H groups in total. The normalized spacial score (nSPS) is 16.2. The molecule has 8 nitrogen and oxygen atoms in total. The van der Waals surface area contributed by atoms with E-state index < -0.39 is 23.7 Å². The van der Waals surface area contributed by atoms with Gasteiger partial charge in [0.2, 0.25) is 0 Å². The molecule has 1 aromatic carbocycles. The Bertz CT molecular complexity index is 1420. The van der Waals surface area contributed by atoms with E-state index in [-0.39, 0.29) is 23.4 Å². The Morgan fingerprint density at radius 1 is 1.12 bits per heavy atom. The zero-order valence-corrected chi connectivity index (χ0v) is 24.9. The van der Waals surface area contributed by atoms with Crippen molar-refractivity contribution in [1.29, 1.82) is 0 Å². The minimum Gasteiger partial charge on any atom is -0.478 e. The summed E-state index contributed by atoms with van der Waals surface area (Å²) >= 11 is 1.36. The van der Waals surface area contributed by atoms with Gasteiger partial charge in [-0.15, -0.1) is 11.3 Å². The first-order chi connectivity index (χ1) is 18.7. The fourth-order valence-corrected chi connectivity index (χ4v) is 5.98. The molecule has 0 aliphatic heterocycles. The minimum atomic E-state index is -1.05. The second kappa shape index (κ2) is 11.6. The van der Waals surface area contributed by atoms with Crippen LogP contribution in [0.2, 0.25) is 0 Å².